The maximum atomic E-state index is 14.0. The van der Waals surface area contributed by atoms with Crippen molar-refractivity contribution in [3.63, 3.8) is 0 Å². The highest BCUT2D eigenvalue weighted by Gasteiger charge is 2.34. The lowest BCUT2D eigenvalue weighted by molar-refractivity contribution is -0.124. The van der Waals surface area contributed by atoms with Gasteiger partial charge in [-0.05, 0) is 66.8 Å². The number of sulfonamides is 1. The number of hydrogen-bond acceptors (Lipinski definition) is 7. The van der Waals surface area contributed by atoms with Gasteiger partial charge in [0.05, 0.1) is 25.2 Å². The molecule has 10 nitrogen and oxygen atoms in total. The van der Waals surface area contributed by atoms with Gasteiger partial charge < -0.3 is 25.6 Å². The van der Waals surface area contributed by atoms with E-state index in [-0.39, 0.29) is 42.5 Å². The smallest absolute Gasteiger partial charge is 0.407 e. The number of alkyl carbamates (subject to hydrolysis) is 1. The first-order valence-electron chi connectivity index (χ1n) is 16.6. The highest BCUT2D eigenvalue weighted by Crippen LogP contribution is 2.29. The maximum Gasteiger partial charge on any atom is 0.407 e. The molecule has 0 aliphatic heterocycles. The normalized spacial score (nSPS) is 13.7. The van der Waals surface area contributed by atoms with E-state index in [1.54, 1.807) is 12.1 Å². The third kappa shape index (κ3) is 10.9. The van der Waals surface area contributed by atoms with Crippen LogP contribution >= 0.6 is 0 Å². The average Bonchev–Trinajstić information content (AvgIpc) is 3.10. The Labute approximate surface area is 285 Å². The molecule has 2 amide bonds. The van der Waals surface area contributed by atoms with Gasteiger partial charge in [-0.2, -0.15) is 4.31 Å². The van der Waals surface area contributed by atoms with Crippen LogP contribution in [0.25, 0.3) is 0 Å². The predicted octanol–water partition coefficient (Wildman–Crippen LogP) is 5.20. The van der Waals surface area contributed by atoms with Gasteiger partial charge in [0.15, 0.2) is 0 Å². The van der Waals surface area contributed by atoms with Gasteiger partial charge >= 0.3 is 6.09 Å². The Hall–Kier alpha value is -3.77. The number of carbonyl (C=O) groups excluding carboxylic acids is 2. The highest BCUT2D eigenvalue weighted by atomic mass is 32.2. The van der Waals surface area contributed by atoms with Crippen molar-refractivity contribution in [3.8, 4) is 0 Å². The van der Waals surface area contributed by atoms with Gasteiger partial charge in [0, 0.05) is 24.5 Å². The highest BCUT2D eigenvalue weighted by molar-refractivity contribution is 7.89. The zero-order valence-electron chi connectivity index (χ0n) is 28.4. The van der Waals surface area contributed by atoms with E-state index in [4.69, 9.17) is 4.74 Å². The van der Waals surface area contributed by atoms with Crippen LogP contribution in [-0.2, 0) is 26.2 Å². The van der Waals surface area contributed by atoms with E-state index in [2.05, 4.69) is 10.6 Å². The van der Waals surface area contributed by atoms with Crippen molar-refractivity contribution < 1.29 is 33.0 Å². The molecular weight excluding hydrogens is 630 g/mol. The Morgan fingerprint density at radius 3 is 1.90 bits per heavy atom. The number of rotatable bonds is 19. The molecule has 3 aromatic rings. The van der Waals surface area contributed by atoms with Gasteiger partial charge in [0.1, 0.15) is 6.04 Å². The molecule has 3 atom stereocenters. The monoisotopic (exact) mass is 681 g/mol. The van der Waals surface area contributed by atoms with Gasteiger partial charge in [-0.25, -0.2) is 13.2 Å². The molecule has 0 heterocycles. The molecule has 4 N–H and O–H groups in total. The Kier molecular flexibility index (Phi) is 15.5. The van der Waals surface area contributed by atoms with Gasteiger partial charge in [-0.1, -0.05) is 93.6 Å². The van der Waals surface area contributed by atoms with Crippen LogP contribution in [0.2, 0.25) is 0 Å². The lowest BCUT2D eigenvalue weighted by Gasteiger charge is -2.31. The van der Waals surface area contributed by atoms with Crippen molar-refractivity contribution in [1.29, 1.82) is 0 Å². The van der Waals surface area contributed by atoms with Crippen molar-refractivity contribution in [2.24, 2.45) is 5.92 Å². The van der Waals surface area contributed by atoms with Crippen molar-refractivity contribution in [2.45, 2.75) is 88.4 Å². The summed E-state index contributed by atoms with van der Waals surface area (Å²) in [4.78, 5) is 26.6. The Bertz CT molecular complexity index is 1460. The number of carbonyl (C=O) groups is 2. The van der Waals surface area contributed by atoms with E-state index in [0.717, 1.165) is 11.1 Å². The van der Waals surface area contributed by atoms with Gasteiger partial charge in [-0.15, -0.1) is 0 Å². The van der Waals surface area contributed by atoms with Crippen LogP contribution in [0.3, 0.4) is 0 Å². The van der Waals surface area contributed by atoms with Crippen LogP contribution in [-0.4, -0.2) is 73.3 Å². The van der Waals surface area contributed by atoms with Crippen LogP contribution in [0.4, 0.5) is 4.79 Å². The number of ether oxygens (including phenoxy) is 1. The van der Waals surface area contributed by atoms with Crippen molar-refractivity contribution in [1.82, 2.24) is 14.9 Å². The minimum absolute atomic E-state index is 0.108. The van der Waals surface area contributed by atoms with E-state index in [1.165, 1.54) is 23.5 Å². The van der Waals surface area contributed by atoms with E-state index < -0.39 is 34.1 Å². The van der Waals surface area contributed by atoms with E-state index in [1.807, 2.05) is 81.4 Å². The topological polar surface area (TPSA) is 145 Å². The Morgan fingerprint density at radius 2 is 1.42 bits per heavy atom. The lowest BCUT2D eigenvalue weighted by Crippen LogP contribution is -2.52. The number of aliphatic hydroxyl groups excluding tert-OH is 2. The van der Waals surface area contributed by atoms with E-state index in [0.29, 0.717) is 37.7 Å². The summed E-state index contributed by atoms with van der Waals surface area (Å²) >= 11 is 0. The second-order valence-corrected chi connectivity index (χ2v) is 14.3. The number of nitrogens with one attached hydrogen (secondary N) is 2. The molecule has 0 radical (unpaired) electrons. The maximum absolute atomic E-state index is 14.0. The molecular formula is C37H51N3O7S. The fourth-order valence-electron chi connectivity index (χ4n) is 5.77. The molecule has 0 unspecified atom stereocenters. The number of hydrogen-bond donors (Lipinski definition) is 4. The summed E-state index contributed by atoms with van der Waals surface area (Å²) in [5, 5.41) is 25.7. The summed E-state index contributed by atoms with van der Waals surface area (Å²) in [6.07, 6.45) is 1.96. The van der Waals surface area contributed by atoms with Crippen LogP contribution in [0.5, 0.6) is 0 Å². The molecule has 0 spiro atoms. The largest absolute Gasteiger partial charge is 0.453 e. The number of aliphatic hydroxyl groups is 2. The minimum Gasteiger partial charge on any atom is -0.453 e. The molecule has 0 saturated heterocycles. The zero-order valence-corrected chi connectivity index (χ0v) is 29.2. The molecule has 3 aromatic carbocycles. The van der Waals surface area contributed by atoms with E-state index >= 15 is 0 Å². The summed E-state index contributed by atoms with van der Waals surface area (Å²) in [6.45, 7) is 5.71. The van der Waals surface area contributed by atoms with Crippen molar-refractivity contribution in [2.75, 3.05) is 20.3 Å². The predicted molar refractivity (Wildman–Crippen MR) is 187 cm³/mol. The molecule has 0 aliphatic carbocycles. The second kappa shape index (κ2) is 19.3. The van der Waals surface area contributed by atoms with Gasteiger partial charge in [-0.3, -0.25) is 4.79 Å². The summed E-state index contributed by atoms with van der Waals surface area (Å²) in [5.74, 6) is -0.606. The SMILES string of the molecule is CC[C@@H](CCC[C@@H](CO)N(CCC(C)C)S(=O)(=O)c1ccc(CO)cc1)NC(=O)[C@@H](NC(=O)OC)C(c1ccccc1)c1ccccc1. The zero-order chi connectivity index (χ0) is 35.1. The third-order valence-corrected chi connectivity index (χ3v) is 10.5. The Balaban J connectivity index is 1.79. The van der Waals surface area contributed by atoms with Crippen molar-refractivity contribution >= 4 is 22.0 Å². The molecule has 0 aromatic heterocycles. The second-order valence-electron chi connectivity index (χ2n) is 12.4. The fourth-order valence-corrected chi connectivity index (χ4v) is 7.43. The first-order valence-corrected chi connectivity index (χ1v) is 18.1. The standard InChI is InChI=1S/C37H51N3O7S/c1-5-31(17-12-18-32(26-42)40(24-23-27(2)3)48(45,46)33-21-19-28(25-41)20-22-33)38-36(43)35(39-37(44)47-4)34(29-13-8-6-9-14-29)30-15-10-7-11-16-30/h6-11,13-16,19-22,27,31-32,34-35,41-42H,5,12,17-18,23-26H2,1-4H3,(H,38,43)(H,39,44)/t31-,32-,35-/m0/s1. The molecule has 0 fully saturated rings. The number of amides is 2. The van der Waals surface area contributed by atoms with Crippen LogP contribution < -0.4 is 10.6 Å². The van der Waals surface area contributed by atoms with Crippen LogP contribution in [0, 0.1) is 5.92 Å². The number of benzene rings is 3. The average molecular weight is 682 g/mol. The first kappa shape index (κ1) is 38.7. The number of methoxy groups -OCH3 is 1. The third-order valence-electron chi connectivity index (χ3n) is 8.58. The summed E-state index contributed by atoms with van der Waals surface area (Å²) < 4.78 is 33.8. The number of nitrogens with zero attached hydrogens (tertiary/aromatic N) is 1. The quantitative estimate of drug-likeness (QED) is 0.136. The van der Waals surface area contributed by atoms with Crippen molar-refractivity contribution in [3.05, 3.63) is 102 Å². The molecule has 262 valence electrons. The molecule has 11 heteroatoms. The summed E-state index contributed by atoms with van der Waals surface area (Å²) in [6, 6.07) is 23.2. The fraction of sp³-hybridized carbons (Fsp3) is 0.459. The molecule has 3 rings (SSSR count). The van der Waals surface area contributed by atoms with Gasteiger partial charge in [0.25, 0.3) is 0 Å². The van der Waals surface area contributed by atoms with Gasteiger partial charge in [0.2, 0.25) is 15.9 Å². The molecule has 48 heavy (non-hydrogen) atoms. The molecule has 0 saturated carbocycles. The lowest BCUT2D eigenvalue weighted by atomic mass is 9.84. The first-order chi connectivity index (χ1) is 23.0. The Morgan fingerprint density at radius 1 is 0.833 bits per heavy atom. The molecule has 0 bridgehead atoms. The van der Waals surface area contributed by atoms with E-state index in [9.17, 15) is 28.2 Å². The summed E-state index contributed by atoms with van der Waals surface area (Å²) in [7, 11) is -2.67. The van der Waals surface area contributed by atoms with Crippen LogP contribution in [0.1, 0.15) is 75.5 Å². The van der Waals surface area contributed by atoms with Crippen LogP contribution in [0.15, 0.2) is 89.8 Å². The minimum atomic E-state index is -3.93. The summed E-state index contributed by atoms with van der Waals surface area (Å²) in [5.41, 5.74) is 2.32. The molecule has 0 aliphatic rings.